The van der Waals surface area contributed by atoms with Gasteiger partial charge in [-0.2, -0.15) is 0 Å². The van der Waals surface area contributed by atoms with E-state index in [2.05, 4.69) is 85.9 Å². The van der Waals surface area contributed by atoms with E-state index in [0.717, 1.165) is 19.4 Å². The summed E-state index contributed by atoms with van der Waals surface area (Å²) in [6, 6.07) is 18.8. The van der Waals surface area contributed by atoms with Gasteiger partial charge in [-0.25, -0.2) is 0 Å². The lowest BCUT2D eigenvalue weighted by atomic mass is 9.44. The summed E-state index contributed by atoms with van der Waals surface area (Å²) in [4.78, 5) is 2.65. The highest BCUT2D eigenvalue weighted by atomic mass is 16.5. The summed E-state index contributed by atoms with van der Waals surface area (Å²) in [6.07, 6.45) is 3.53. The van der Waals surface area contributed by atoms with Crippen LogP contribution in [0.5, 0.6) is 5.75 Å². The normalized spacial score (nSPS) is 31.5. The minimum Gasteiger partial charge on any atom is -0.483 e. The number of fused-ring (bicyclic) bond motifs is 5. The topological polar surface area (TPSA) is 17.4 Å². The second kappa shape index (κ2) is 5.64. The van der Waals surface area contributed by atoms with E-state index in [9.17, 15) is 0 Å². The van der Waals surface area contributed by atoms with Gasteiger partial charge < -0.3 is 14.2 Å². The van der Waals surface area contributed by atoms with Crippen LogP contribution in [0.3, 0.4) is 0 Å². The van der Waals surface area contributed by atoms with Crippen molar-refractivity contribution in [3.05, 3.63) is 76.5 Å². The molecule has 3 heterocycles. The molecular formula is C30H30N2O. The Morgan fingerprint density at radius 3 is 2.64 bits per heavy atom. The lowest BCUT2D eigenvalue weighted by Gasteiger charge is -2.64. The van der Waals surface area contributed by atoms with Crippen molar-refractivity contribution in [2.75, 3.05) is 13.6 Å². The predicted molar refractivity (Wildman–Crippen MR) is 133 cm³/mol. The number of aromatic nitrogens is 1. The van der Waals surface area contributed by atoms with Crippen LogP contribution in [0.2, 0.25) is 0 Å². The van der Waals surface area contributed by atoms with Crippen LogP contribution in [0.25, 0.3) is 21.7 Å². The first-order chi connectivity index (χ1) is 15.9. The number of hydrogen-bond acceptors (Lipinski definition) is 2. The number of likely N-dealkylation sites (N-methyl/N-ethyl adjacent to an activating group) is 1. The molecule has 3 nitrogen and oxygen atoms in total. The molecule has 4 aromatic rings. The van der Waals surface area contributed by atoms with E-state index < -0.39 is 0 Å². The molecule has 0 radical (unpaired) electrons. The first kappa shape index (κ1) is 18.6. The van der Waals surface area contributed by atoms with Gasteiger partial charge in [0.15, 0.2) is 0 Å². The molecular weight excluding hydrogens is 404 g/mol. The third-order valence-corrected chi connectivity index (χ3v) is 10.1. The fraction of sp³-hybridized carbons (Fsp3) is 0.400. The van der Waals surface area contributed by atoms with Crippen molar-refractivity contribution in [1.82, 2.24) is 9.47 Å². The minimum atomic E-state index is 0.0632. The van der Waals surface area contributed by atoms with Gasteiger partial charge in [0.1, 0.15) is 11.9 Å². The van der Waals surface area contributed by atoms with Gasteiger partial charge in [0, 0.05) is 35.0 Å². The molecule has 0 saturated carbocycles. The van der Waals surface area contributed by atoms with Crippen LogP contribution in [0.15, 0.2) is 48.5 Å². The summed E-state index contributed by atoms with van der Waals surface area (Å²) in [5.41, 5.74) is 8.89. The van der Waals surface area contributed by atoms with Gasteiger partial charge in [-0.3, -0.25) is 0 Å². The minimum absolute atomic E-state index is 0.0632. The molecule has 3 aromatic carbocycles. The molecule has 1 fully saturated rings. The third kappa shape index (κ3) is 1.88. The molecule has 0 amide bonds. The van der Waals surface area contributed by atoms with Crippen molar-refractivity contribution in [2.45, 2.75) is 50.7 Å². The zero-order chi connectivity index (χ0) is 22.3. The Hall–Kier alpha value is -2.78. The number of hydrogen-bond donors (Lipinski definition) is 0. The van der Waals surface area contributed by atoms with Crippen LogP contribution < -0.4 is 4.74 Å². The molecule has 0 unspecified atom stereocenters. The predicted octanol–water partition coefficient (Wildman–Crippen LogP) is 5.83. The van der Waals surface area contributed by atoms with Gasteiger partial charge in [0.05, 0.1) is 11.1 Å². The number of aryl methyl sites for hydroxylation is 2. The Labute approximate surface area is 195 Å². The van der Waals surface area contributed by atoms with E-state index in [1.807, 2.05) is 0 Å². The molecule has 4 aliphatic rings. The standard InChI is InChI=1S/C30H30N2O/c1-17-9-10-20-15-24-29(2)16-22-21-13-18-7-5-6-8-19(18)14-23(21)32(4)26(22)28-30(29,11-12-31(24)3)25(20)27(17)33-28/h5-10,13-14,24,28H,11-12,15-16H2,1-4H3/t24-,28+,29+,30+/m1/s1. The number of nitrogens with zero attached hydrogens (tertiary/aromatic N) is 2. The van der Waals surface area contributed by atoms with Crippen molar-refractivity contribution in [3.63, 3.8) is 0 Å². The summed E-state index contributed by atoms with van der Waals surface area (Å²) in [7, 11) is 4.62. The highest BCUT2D eigenvalue weighted by Crippen LogP contribution is 2.71. The fourth-order valence-corrected chi connectivity index (χ4v) is 8.57. The van der Waals surface area contributed by atoms with Gasteiger partial charge in [-0.05, 0) is 79.4 Å². The zero-order valence-corrected chi connectivity index (χ0v) is 19.9. The molecule has 2 bridgehead atoms. The molecule has 2 aliphatic carbocycles. The molecule has 2 aliphatic heterocycles. The Balaban J connectivity index is 1.51. The van der Waals surface area contributed by atoms with Crippen LogP contribution in [-0.4, -0.2) is 29.1 Å². The number of benzene rings is 3. The Kier molecular flexibility index (Phi) is 3.18. The van der Waals surface area contributed by atoms with Crippen LogP contribution >= 0.6 is 0 Å². The maximum absolute atomic E-state index is 7.10. The van der Waals surface area contributed by atoms with Crippen molar-refractivity contribution in [2.24, 2.45) is 12.5 Å². The van der Waals surface area contributed by atoms with E-state index in [1.165, 1.54) is 56.2 Å². The van der Waals surface area contributed by atoms with Gasteiger partial charge >= 0.3 is 0 Å². The molecule has 3 heteroatoms. The summed E-state index contributed by atoms with van der Waals surface area (Å²) >= 11 is 0. The van der Waals surface area contributed by atoms with E-state index in [4.69, 9.17) is 4.74 Å². The number of likely N-dealkylation sites (tertiary alicyclic amines) is 1. The van der Waals surface area contributed by atoms with Gasteiger partial charge in [0.25, 0.3) is 0 Å². The highest BCUT2D eigenvalue weighted by Gasteiger charge is 2.70. The van der Waals surface area contributed by atoms with Crippen LogP contribution in [-0.2, 0) is 25.3 Å². The van der Waals surface area contributed by atoms with Gasteiger partial charge in [-0.1, -0.05) is 43.3 Å². The summed E-state index contributed by atoms with van der Waals surface area (Å²) in [6.45, 7) is 5.97. The van der Waals surface area contributed by atoms with E-state index in [0.29, 0.717) is 6.04 Å². The zero-order valence-electron chi connectivity index (χ0n) is 19.9. The molecule has 8 rings (SSSR count). The van der Waals surface area contributed by atoms with Gasteiger partial charge in [0.2, 0.25) is 0 Å². The monoisotopic (exact) mass is 434 g/mol. The smallest absolute Gasteiger partial charge is 0.149 e. The van der Waals surface area contributed by atoms with Crippen molar-refractivity contribution < 1.29 is 4.74 Å². The average Bonchev–Trinajstić information content (AvgIpc) is 3.28. The molecule has 1 spiro atoms. The summed E-state index contributed by atoms with van der Waals surface area (Å²) in [5.74, 6) is 1.19. The second-order valence-electron chi connectivity index (χ2n) is 11.4. The first-order valence-corrected chi connectivity index (χ1v) is 12.4. The van der Waals surface area contributed by atoms with Crippen LogP contribution in [0.1, 0.15) is 47.4 Å². The SMILES string of the molecule is Cc1ccc2c3c1O[C@H]1c4c(c5cc6ccccc6cc5n4C)C[C@@]4(C)[C@@H](C2)N(C)CC[C@]314. The molecule has 1 saturated heterocycles. The Bertz CT molecular complexity index is 1530. The third-order valence-electron chi connectivity index (χ3n) is 10.1. The van der Waals surface area contributed by atoms with Crippen molar-refractivity contribution in [1.29, 1.82) is 0 Å². The molecule has 1 aromatic heterocycles. The largest absolute Gasteiger partial charge is 0.483 e. The summed E-state index contributed by atoms with van der Waals surface area (Å²) < 4.78 is 9.58. The second-order valence-corrected chi connectivity index (χ2v) is 11.4. The molecule has 4 atom stereocenters. The first-order valence-electron chi connectivity index (χ1n) is 12.4. The van der Waals surface area contributed by atoms with Crippen molar-refractivity contribution >= 4 is 21.7 Å². The van der Waals surface area contributed by atoms with Crippen LogP contribution in [0, 0.1) is 12.3 Å². The molecule has 166 valence electrons. The quantitative estimate of drug-likeness (QED) is 0.346. The highest BCUT2D eigenvalue weighted by molar-refractivity contribution is 5.99. The lowest BCUT2D eigenvalue weighted by Crippen LogP contribution is -2.68. The van der Waals surface area contributed by atoms with Gasteiger partial charge in [-0.15, -0.1) is 0 Å². The van der Waals surface area contributed by atoms with E-state index in [-0.39, 0.29) is 16.9 Å². The Morgan fingerprint density at radius 1 is 1.03 bits per heavy atom. The van der Waals surface area contributed by atoms with Crippen molar-refractivity contribution in [3.8, 4) is 5.75 Å². The van der Waals surface area contributed by atoms with E-state index in [1.54, 1.807) is 5.56 Å². The molecule has 33 heavy (non-hydrogen) atoms. The summed E-state index contributed by atoms with van der Waals surface area (Å²) in [5, 5.41) is 4.07. The number of piperidine rings is 1. The van der Waals surface area contributed by atoms with Crippen LogP contribution in [0.4, 0.5) is 0 Å². The number of rotatable bonds is 0. The average molecular weight is 435 g/mol. The number of ether oxygens (including phenoxy) is 1. The lowest BCUT2D eigenvalue weighted by molar-refractivity contribution is -0.0912. The Morgan fingerprint density at radius 2 is 1.82 bits per heavy atom. The molecule has 0 N–H and O–H groups in total. The van der Waals surface area contributed by atoms with E-state index >= 15 is 0 Å². The maximum Gasteiger partial charge on any atom is 0.149 e. The maximum atomic E-state index is 7.10. The fourth-order valence-electron chi connectivity index (χ4n) is 8.57.